The van der Waals surface area contributed by atoms with Crippen LogP contribution in [0.4, 0.5) is 5.69 Å². The van der Waals surface area contributed by atoms with Gasteiger partial charge in [-0.05, 0) is 44.0 Å². The number of sulfonamides is 1. The number of rotatable bonds is 4. The van der Waals surface area contributed by atoms with Crippen molar-refractivity contribution in [1.29, 1.82) is 0 Å². The highest BCUT2D eigenvalue weighted by Gasteiger charge is 2.19. The van der Waals surface area contributed by atoms with Crippen LogP contribution in [0, 0.1) is 20.8 Å². The van der Waals surface area contributed by atoms with Gasteiger partial charge in [0.15, 0.2) is 0 Å². The van der Waals surface area contributed by atoms with E-state index in [-0.39, 0.29) is 11.4 Å². The molecule has 0 aliphatic rings. The van der Waals surface area contributed by atoms with Gasteiger partial charge < -0.3 is 10.2 Å². The van der Waals surface area contributed by atoms with Crippen molar-refractivity contribution in [3.8, 4) is 0 Å². The van der Waals surface area contributed by atoms with Gasteiger partial charge in [-0.2, -0.15) is 0 Å². The normalized spacial score (nSPS) is 11.8. The van der Waals surface area contributed by atoms with E-state index in [0.717, 1.165) is 5.56 Å². The maximum atomic E-state index is 12.3. The van der Waals surface area contributed by atoms with Crippen molar-refractivity contribution in [3.63, 3.8) is 0 Å². The van der Waals surface area contributed by atoms with Crippen molar-refractivity contribution >= 4 is 15.7 Å². The van der Waals surface area contributed by atoms with E-state index in [0.29, 0.717) is 22.9 Å². The molecule has 1 aromatic heterocycles. The van der Waals surface area contributed by atoms with Crippen LogP contribution in [-0.4, -0.2) is 13.4 Å². The predicted molar refractivity (Wildman–Crippen MR) is 75.6 cm³/mol. The highest BCUT2D eigenvalue weighted by Crippen LogP contribution is 2.22. The number of nitrogens with zero attached hydrogens (tertiary/aromatic N) is 1. The number of oxazole rings is 1. The third kappa shape index (κ3) is 3.00. The number of nitrogen functional groups attached to an aromatic ring is 1. The molecule has 0 spiro atoms. The number of hydrogen-bond acceptors (Lipinski definition) is 5. The number of anilines is 1. The van der Waals surface area contributed by atoms with Gasteiger partial charge in [0, 0.05) is 5.69 Å². The van der Waals surface area contributed by atoms with Gasteiger partial charge in [0.2, 0.25) is 15.9 Å². The van der Waals surface area contributed by atoms with Crippen LogP contribution in [0.15, 0.2) is 27.6 Å². The van der Waals surface area contributed by atoms with Crippen LogP contribution in [0.1, 0.15) is 22.8 Å². The van der Waals surface area contributed by atoms with Crippen molar-refractivity contribution in [1.82, 2.24) is 9.71 Å². The third-order valence-electron chi connectivity index (χ3n) is 3.01. The molecule has 0 radical (unpaired) electrons. The molecule has 108 valence electrons. The summed E-state index contributed by atoms with van der Waals surface area (Å²) in [6, 6.07) is 3.19. The fraction of sp³-hybridized carbons (Fsp3) is 0.308. The number of benzene rings is 1. The van der Waals surface area contributed by atoms with E-state index in [1.165, 1.54) is 6.07 Å². The molecular formula is C13H17N3O3S. The number of aromatic nitrogens is 1. The zero-order chi connectivity index (χ0) is 14.9. The molecule has 0 bridgehead atoms. The molecule has 0 unspecified atom stereocenters. The van der Waals surface area contributed by atoms with Crippen LogP contribution in [0.5, 0.6) is 0 Å². The Kier molecular flexibility index (Phi) is 3.82. The standard InChI is InChI=1S/C13H17N3O3S/c1-8-4-11(14)5-12(10(8)3)20(17,18)16-7-13-15-6-9(2)19-13/h4-6,16H,7,14H2,1-3H3. The molecular weight excluding hydrogens is 278 g/mol. The third-order valence-corrected chi connectivity index (χ3v) is 4.54. The lowest BCUT2D eigenvalue weighted by Crippen LogP contribution is -2.24. The molecule has 0 fully saturated rings. The molecule has 0 aliphatic heterocycles. The fourth-order valence-electron chi connectivity index (χ4n) is 1.85. The maximum Gasteiger partial charge on any atom is 0.241 e. The molecule has 3 N–H and O–H groups in total. The summed E-state index contributed by atoms with van der Waals surface area (Å²) in [6.45, 7) is 5.32. The molecule has 0 atom stereocenters. The first-order valence-electron chi connectivity index (χ1n) is 6.07. The van der Waals surface area contributed by atoms with Crippen molar-refractivity contribution in [2.45, 2.75) is 32.2 Å². The highest BCUT2D eigenvalue weighted by molar-refractivity contribution is 7.89. The van der Waals surface area contributed by atoms with Gasteiger partial charge in [-0.25, -0.2) is 18.1 Å². The smallest absolute Gasteiger partial charge is 0.241 e. The summed E-state index contributed by atoms with van der Waals surface area (Å²) in [4.78, 5) is 4.13. The van der Waals surface area contributed by atoms with Gasteiger partial charge in [0.1, 0.15) is 5.76 Å². The molecule has 2 rings (SSSR count). The van der Waals surface area contributed by atoms with Crippen LogP contribution in [-0.2, 0) is 16.6 Å². The second kappa shape index (κ2) is 5.26. The predicted octanol–water partition coefficient (Wildman–Crippen LogP) is 1.66. The van der Waals surface area contributed by atoms with Crippen LogP contribution < -0.4 is 10.5 Å². The minimum Gasteiger partial charge on any atom is -0.445 e. The SMILES string of the molecule is Cc1cnc(CNS(=O)(=O)c2cc(N)cc(C)c2C)o1. The first-order valence-corrected chi connectivity index (χ1v) is 7.55. The lowest BCUT2D eigenvalue weighted by atomic mass is 10.1. The Morgan fingerprint density at radius 2 is 2.00 bits per heavy atom. The van der Waals surface area contributed by atoms with E-state index < -0.39 is 10.0 Å². The Morgan fingerprint density at radius 1 is 1.30 bits per heavy atom. The van der Waals surface area contributed by atoms with Gasteiger partial charge >= 0.3 is 0 Å². The summed E-state index contributed by atoms with van der Waals surface area (Å²) in [5.41, 5.74) is 7.64. The molecule has 7 heteroatoms. The Balaban J connectivity index is 2.27. The van der Waals surface area contributed by atoms with Gasteiger partial charge in [0.05, 0.1) is 17.6 Å². The average Bonchev–Trinajstić information content (AvgIpc) is 2.77. The summed E-state index contributed by atoms with van der Waals surface area (Å²) < 4.78 is 32.3. The van der Waals surface area contributed by atoms with Crippen molar-refractivity contribution in [2.75, 3.05) is 5.73 Å². The molecule has 2 aromatic rings. The quantitative estimate of drug-likeness (QED) is 0.836. The number of nitrogens with two attached hydrogens (primary N) is 1. The summed E-state index contributed by atoms with van der Waals surface area (Å²) in [6.07, 6.45) is 1.54. The van der Waals surface area contributed by atoms with Gasteiger partial charge in [-0.1, -0.05) is 0 Å². The Hall–Kier alpha value is -1.86. The van der Waals surface area contributed by atoms with Crippen molar-refractivity contribution < 1.29 is 12.8 Å². The molecule has 0 amide bonds. The first kappa shape index (κ1) is 14.5. The molecule has 6 nitrogen and oxygen atoms in total. The Morgan fingerprint density at radius 3 is 2.60 bits per heavy atom. The number of aryl methyl sites for hydroxylation is 2. The molecule has 0 saturated carbocycles. The van der Waals surface area contributed by atoms with E-state index in [1.54, 1.807) is 26.1 Å². The zero-order valence-electron chi connectivity index (χ0n) is 11.6. The first-order chi connectivity index (χ1) is 9.29. The van der Waals surface area contributed by atoms with E-state index >= 15 is 0 Å². The highest BCUT2D eigenvalue weighted by atomic mass is 32.2. The van der Waals surface area contributed by atoms with Gasteiger partial charge in [-0.15, -0.1) is 0 Å². The van der Waals surface area contributed by atoms with E-state index in [2.05, 4.69) is 9.71 Å². The maximum absolute atomic E-state index is 12.3. The van der Waals surface area contributed by atoms with Crippen LogP contribution >= 0.6 is 0 Å². The van der Waals surface area contributed by atoms with E-state index in [4.69, 9.17) is 10.2 Å². The minimum atomic E-state index is -3.65. The molecule has 1 heterocycles. The Labute approximate surface area is 118 Å². The average molecular weight is 295 g/mol. The fourth-order valence-corrected chi connectivity index (χ4v) is 3.17. The summed E-state index contributed by atoms with van der Waals surface area (Å²) >= 11 is 0. The molecule has 1 aromatic carbocycles. The summed E-state index contributed by atoms with van der Waals surface area (Å²) in [5.74, 6) is 0.958. The molecule has 20 heavy (non-hydrogen) atoms. The lowest BCUT2D eigenvalue weighted by Gasteiger charge is -2.11. The van der Waals surface area contributed by atoms with Crippen LogP contribution in [0.2, 0.25) is 0 Å². The molecule has 0 aliphatic carbocycles. The van der Waals surface area contributed by atoms with E-state index in [1.807, 2.05) is 6.92 Å². The topological polar surface area (TPSA) is 98.2 Å². The Bertz CT molecular complexity index is 735. The van der Waals surface area contributed by atoms with E-state index in [9.17, 15) is 8.42 Å². The second-order valence-corrected chi connectivity index (χ2v) is 6.39. The van der Waals surface area contributed by atoms with Crippen molar-refractivity contribution in [2.24, 2.45) is 0 Å². The largest absolute Gasteiger partial charge is 0.445 e. The monoisotopic (exact) mass is 295 g/mol. The van der Waals surface area contributed by atoms with Crippen molar-refractivity contribution in [3.05, 3.63) is 41.1 Å². The van der Waals surface area contributed by atoms with Crippen LogP contribution in [0.25, 0.3) is 0 Å². The number of hydrogen-bond donors (Lipinski definition) is 2. The lowest BCUT2D eigenvalue weighted by molar-refractivity contribution is 0.463. The second-order valence-electron chi connectivity index (χ2n) is 4.65. The number of nitrogens with one attached hydrogen (secondary N) is 1. The summed E-state index contributed by atoms with van der Waals surface area (Å²) in [5, 5.41) is 0. The summed E-state index contributed by atoms with van der Waals surface area (Å²) in [7, 11) is -3.65. The minimum absolute atomic E-state index is 0.00343. The zero-order valence-corrected chi connectivity index (χ0v) is 12.4. The van der Waals surface area contributed by atoms with Gasteiger partial charge in [0.25, 0.3) is 0 Å². The molecule has 0 saturated heterocycles. The van der Waals surface area contributed by atoms with Gasteiger partial charge in [-0.3, -0.25) is 0 Å². The van der Waals surface area contributed by atoms with Crippen LogP contribution in [0.3, 0.4) is 0 Å².